The molecule has 7 nitrogen and oxygen atoms in total. The number of ether oxygens (including phenoxy) is 3. The van der Waals surface area contributed by atoms with E-state index >= 15 is 0 Å². The van der Waals surface area contributed by atoms with Crippen molar-refractivity contribution in [2.75, 3.05) is 13.2 Å². The molecule has 0 aliphatic carbocycles. The number of nitrogens with zero attached hydrogens (tertiary/aromatic N) is 4. The van der Waals surface area contributed by atoms with Crippen molar-refractivity contribution in [1.82, 2.24) is 19.9 Å². The largest absolute Gasteiger partial charge is 0.463 e. The van der Waals surface area contributed by atoms with E-state index in [1.165, 1.54) is 112 Å². The van der Waals surface area contributed by atoms with Gasteiger partial charge in [0.2, 0.25) is 0 Å². The Kier molecular flexibility index (Phi) is 22.6. The van der Waals surface area contributed by atoms with E-state index in [-0.39, 0.29) is 0 Å². The molecule has 0 amide bonds. The zero-order valence-electron chi connectivity index (χ0n) is 39.8. The normalized spacial score (nSPS) is 11.9. The van der Waals surface area contributed by atoms with Gasteiger partial charge in [-0.05, 0) is 85.0 Å². The summed E-state index contributed by atoms with van der Waals surface area (Å²) < 4.78 is 18.8. The summed E-state index contributed by atoms with van der Waals surface area (Å²) in [6, 6.07) is 19.7. The summed E-state index contributed by atoms with van der Waals surface area (Å²) >= 11 is 0. The van der Waals surface area contributed by atoms with Crippen molar-refractivity contribution in [3.8, 4) is 45.8 Å². The van der Waals surface area contributed by atoms with Gasteiger partial charge in [-0.1, -0.05) is 167 Å². The summed E-state index contributed by atoms with van der Waals surface area (Å²) in [5.41, 5.74) is 6.66. The first-order valence-electron chi connectivity index (χ1n) is 24.4. The number of aromatic nitrogens is 4. The highest BCUT2D eigenvalue weighted by Gasteiger charge is 2.21. The lowest BCUT2D eigenvalue weighted by Crippen LogP contribution is -2.24. The molecule has 0 aliphatic rings. The summed E-state index contributed by atoms with van der Waals surface area (Å²) in [6.45, 7) is 20.7. The number of benzene rings is 2. The van der Waals surface area contributed by atoms with E-state index in [1.54, 1.807) is 0 Å². The highest BCUT2D eigenvalue weighted by molar-refractivity contribution is 6.77. The fourth-order valence-electron chi connectivity index (χ4n) is 8.09. The average Bonchev–Trinajstić information content (AvgIpc) is 3.26. The Hall–Kier alpha value is -3.57. The zero-order chi connectivity index (χ0) is 43.8. The molecule has 0 N–H and O–H groups in total. The van der Waals surface area contributed by atoms with Crippen molar-refractivity contribution in [1.29, 1.82) is 0 Å². The first-order chi connectivity index (χ1) is 29.6. The van der Waals surface area contributed by atoms with Crippen LogP contribution in [0.5, 0.6) is 23.5 Å². The SMILES string of the molecule is CCCCCCOc1ncc(-c2ccc(Oc3ccc(-c4cnc(OCCCCCC)nc4)cc3CCCC[Si](C)(C)CCCC)c(CCCC[Si](C)(C)CCCC)c2)cn1. The van der Waals surface area contributed by atoms with Crippen LogP contribution in [-0.2, 0) is 12.8 Å². The topological polar surface area (TPSA) is 79.2 Å². The van der Waals surface area contributed by atoms with Crippen molar-refractivity contribution in [3.05, 3.63) is 72.3 Å². The minimum absolute atomic E-state index is 0.451. The van der Waals surface area contributed by atoms with Gasteiger partial charge >= 0.3 is 12.0 Å². The second kappa shape index (κ2) is 27.5. The zero-order valence-corrected chi connectivity index (χ0v) is 41.8. The number of hydrogen-bond donors (Lipinski definition) is 0. The van der Waals surface area contributed by atoms with Crippen LogP contribution in [-0.4, -0.2) is 49.3 Å². The van der Waals surface area contributed by atoms with E-state index in [0.717, 1.165) is 72.3 Å². The van der Waals surface area contributed by atoms with Crippen LogP contribution in [0.4, 0.5) is 0 Å². The second-order valence-corrected chi connectivity index (χ2v) is 29.7. The predicted octanol–water partition coefficient (Wildman–Crippen LogP) is 16.0. The molecule has 0 aliphatic heterocycles. The lowest BCUT2D eigenvalue weighted by molar-refractivity contribution is 0.281. The first kappa shape index (κ1) is 50.1. The Labute approximate surface area is 373 Å². The third-order valence-corrected chi connectivity index (χ3v) is 19.1. The lowest BCUT2D eigenvalue weighted by Gasteiger charge is -2.22. The average molecular weight is 867 g/mol. The second-order valence-electron chi connectivity index (χ2n) is 19.0. The number of unbranched alkanes of at least 4 members (excludes halogenated alkanes) is 10. The Bertz CT molecular complexity index is 1670. The molecule has 2 aromatic heterocycles. The minimum Gasteiger partial charge on any atom is -0.463 e. The molecule has 61 heavy (non-hydrogen) atoms. The molecule has 2 heterocycles. The molecule has 0 saturated carbocycles. The molecule has 0 fully saturated rings. The molecule has 0 unspecified atom stereocenters. The molecule has 4 aromatic rings. The monoisotopic (exact) mass is 867 g/mol. The number of hydrogen-bond acceptors (Lipinski definition) is 7. The van der Waals surface area contributed by atoms with Crippen molar-refractivity contribution in [3.63, 3.8) is 0 Å². The lowest BCUT2D eigenvalue weighted by atomic mass is 10.00. The van der Waals surface area contributed by atoms with Gasteiger partial charge in [0.15, 0.2) is 0 Å². The van der Waals surface area contributed by atoms with Gasteiger partial charge < -0.3 is 14.2 Å². The van der Waals surface area contributed by atoms with Crippen LogP contribution in [0.15, 0.2) is 61.2 Å². The van der Waals surface area contributed by atoms with Gasteiger partial charge in [-0.3, -0.25) is 0 Å². The maximum atomic E-state index is 7.02. The van der Waals surface area contributed by atoms with Gasteiger partial charge in [0.25, 0.3) is 0 Å². The third kappa shape index (κ3) is 18.8. The molecule has 336 valence electrons. The van der Waals surface area contributed by atoms with Gasteiger partial charge in [0.1, 0.15) is 11.5 Å². The van der Waals surface area contributed by atoms with Gasteiger partial charge in [-0.25, -0.2) is 19.9 Å². The molecule has 0 radical (unpaired) electrons. The number of aryl methyl sites for hydroxylation is 2. The summed E-state index contributed by atoms with van der Waals surface area (Å²) in [6.07, 6.45) is 28.9. The van der Waals surface area contributed by atoms with E-state index in [9.17, 15) is 0 Å². The molecule has 0 atom stereocenters. The van der Waals surface area contributed by atoms with Gasteiger partial charge in [-0.2, -0.15) is 0 Å². The number of rotatable bonds is 32. The summed E-state index contributed by atoms with van der Waals surface area (Å²) in [5, 5.41) is 0. The fraction of sp³-hybridized carbons (Fsp3) is 0.615. The van der Waals surface area contributed by atoms with Gasteiger partial charge in [0, 0.05) is 52.1 Å². The van der Waals surface area contributed by atoms with Crippen LogP contribution >= 0.6 is 0 Å². The molecular weight excluding hydrogens is 785 g/mol. The van der Waals surface area contributed by atoms with Gasteiger partial charge in [-0.15, -0.1) is 0 Å². The van der Waals surface area contributed by atoms with E-state index in [2.05, 4.69) is 110 Å². The third-order valence-electron chi connectivity index (χ3n) is 12.2. The van der Waals surface area contributed by atoms with E-state index < -0.39 is 16.1 Å². The summed E-state index contributed by atoms with van der Waals surface area (Å²) in [7, 11) is -2.37. The van der Waals surface area contributed by atoms with Crippen molar-refractivity contribution >= 4 is 16.1 Å². The fourth-order valence-corrected chi connectivity index (χ4v) is 13.6. The maximum Gasteiger partial charge on any atom is 0.316 e. The van der Waals surface area contributed by atoms with E-state index in [0.29, 0.717) is 25.2 Å². The molecule has 9 heteroatoms. The van der Waals surface area contributed by atoms with E-state index in [1.807, 2.05) is 24.8 Å². The quantitative estimate of drug-likeness (QED) is 0.0357. The Morgan fingerprint density at radius 3 is 1.16 bits per heavy atom. The smallest absolute Gasteiger partial charge is 0.316 e. The van der Waals surface area contributed by atoms with E-state index in [4.69, 9.17) is 14.2 Å². The molecule has 2 aromatic carbocycles. The molecule has 4 rings (SSSR count). The minimum atomic E-state index is -1.19. The summed E-state index contributed by atoms with van der Waals surface area (Å²) in [4.78, 5) is 18.3. The molecule has 0 spiro atoms. The van der Waals surface area contributed by atoms with Crippen LogP contribution in [0.2, 0.25) is 50.4 Å². The first-order valence-corrected chi connectivity index (χ1v) is 31.2. The van der Waals surface area contributed by atoms with Crippen LogP contribution in [0, 0.1) is 0 Å². The van der Waals surface area contributed by atoms with Crippen molar-refractivity contribution in [2.24, 2.45) is 0 Å². The standard InChI is InChI=1S/C52H82N4O3Si2/c1-9-13-17-21-31-57-51-53-39-47(40-54-51)43-27-29-49(45(37-43)25-19-23-35-60(5,6)33-15-11-3)59-50-30-28-44(38-46(50)26-20-24-36-61(7,8)34-16-12-4)48-41-55-52(56-42-48)58-32-22-18-14-10-2/h27-30,37-42H,9-26,31-36H2,1-8H3. The van der Waals surface area contributed by atoms with Crippen molar-refractivity contribution in [2.45, 2.75) is 194 Å². The molecule has 0 bridgehead atoms. The predicted molar refractivity (Wildman–Crippen MR) is 264 cm³/mol. The van der Waals surface area contributed by atoms with Crippen LogP contribution in [0.25, 0.3) is 22.3 Å². The Morgan fingerprint density at radius 2 is 0.787 bits per heavy atom. The highest BCUT2D eigenvalue weighted by atomic mass is 28.3. The van der Waals surface area contributed by atoms with Gasteiger partial charge in [0.05, 0.1) is 13.2 Å². The molecular formula is C52H82N4O3Si2. The van der Waals surface area contributed by atoms with Crippen LogP contribution in [0.3, 0.4) is 0 Å². The van der Waals surface area contributed by atoms with Crippen LogP contribution in [0.1, 0.15) is 142 Å². The molecule has 0 saturated heterocycles. The summed E-state index contributed by atoms with van der Waals surface area (Å²) in [5.74, 6) is 1.87. The Morgan fingerprint density at radius 1 is 0.410 bits per heavy atom. The highest BCUT2D eigenvalue weighted by Crippen LogP contribution is 2.36. The Balaban J connectivity index is 1.58. The van der Waals surface area contributed by atoms with Crippen molar-refractivity contribution < 1.29 is 14.2 Å². The maximum absolute atomic E-state index is 7.02. The van der Waals surface area contributed by atoms with Crippen LogP contribution < -0.4 is 14.2 Å².